The van der Waals surface area contributed by atoms with E-state index in [-0.39, 0.29) is 0 Å². The molecule has 19 heavy (non-hydrogen) atoms. The molecular weight excluding hydrogens is 238 g/mol. The van der Waals surface area contributed by atoms with Crippen LogP contribution in [0.4, 0.5) is 0 Å². The van der Waals surface area contributed by atoms with Crippen LogP contribution in [0.2, 0.25) is 0 Å². The molecule has 4 nitrogen and oxygen atoms in total. The van der Waals surface area contributed by atoms with Gasteiger partial charge in [-0.15, -0.1) is 0 Å². The second-order valence-corrected chi connectivity index (χ2v) is 4.38. The second kappa shape index (κ2) is 4.72. The van der Waals surface area contributed by atoms with E-state index in [0.29, 0.717) is 12.5 Å². The van der Waals surface area contributed by atoms with E-state index in [1.807, 2.05) is 25.3 Å². The highest BCUT2D eigenvalue weighted by Gasteiger charge is 2.10. The number of aromatic nitrogens is 3. The van der Waals surface area contributed by atoms with Crippen LogP contribution in [0, 0.1) is 6.92 Å². The average Bonchev–Trinajstić information content (AvgIpc) is 2.84. The third kappa shape index (κ3) is 2.05. The molecule has 0 saturated carbocycles. The van der Waals surface area contributed by atoms with Crippen LogP contribution >= 0.6 is 0 Å². The zero-order chi connectivity index (χ0) is 13.2. The van der Waals surface area contributed by atoms with Crippen molar-refractivity contribution in [1.82, 2.24) is 14.6 Å². The third-order valence-electron chi connectivity index (χ3n) is 2.99. The lowest BCUT2D eigenvalue weighted by molar-refractivity contribution is 0.317. The van der Waals surface area contributed by atoms with Crippen molar-refractivity contribution in [3.63, 3.8) is 0 Å². The number of fused-ring (bicyclic) bond motifs is 1. The van der Waals surface area contributed by atoms with E-state index in [0.717, 1.165) is 16.8 Å². The summed E-state index contributed by atoms with van der Waals surface area (Å²) in [5, 5.41) is 4.37. The summed E-state index contributed by atoms with van der Waals surface area (Å²) in [5.74, 6) is 0.714. The summed E-state index contributed by atoms with van der Waals surface area (Å²) in [6.07, 6.45) is 3.58. The minimum absolute atomic E-state index is 0.610. The van der Waals surface area contributed by atoms with Gasteiger partial charge in [0.2, 0.25) is 5.88 Å². The van der Waals surface area contributed by atoms with Gasteiger partial charge in [-0.25, -0.2) is 4.98 Å². The summed E-state index contributed by atoms with van der Waals surface area (Å²) >= 11 is 0. The lowest BCUT2D eigenvalue weighted by atomic mass is 10.1. The molecule has 96 valence electrons. The van der Waals surface area contributed by atoms with Gasteiger partial charge in [0.05, 0.1) is 12.8 Å². The van der Waals surface area contributed by atoms with Gasteiger partial charge in [0.25, 0.3) is 0 Å². The summed E-state index contributed by atoms with van der Waals surface area (Å²) in [7, 11) is 0. The van der Waals surface area contributed by atoms with Gasteiger partial charge in [0, 0.05) is 17.8 Å². The van der Waals surface area contributed by atoms with Crippen LogP contribution in [0.5, 0.6) is 5.88 Å². The highest BCUT2D eigenvalue weighted by molar-refractivity contribution is 5.77. The largest absolute Gasteiger partial charge is 0.478 e. The predicted octanol–water partition coefficient (Wildman–Crippen LogP) is 3.10. The molecule has 3 aromatic rings. The molecule has 3 rings (SSSR count). The quantitative estimate of drug-likeness (QED) is 0.720. The first-order valence-electron chi connectivity index (χ1n) is 6.32. The van der Waals surface area contributed by atoms with Gasteiger partial charge in [0.1, 0.15) is 0 Å². The van der Waals surface area contributed by atoms with Crippen LogP contribution in [-0.4, -0.2) is 21.2 Å². The Labute approximate surface area is 111 Å². The maximum Gasteiger partial charge on any atom is 0.217 e. The zero-order valence-electron chi connectivity index (χ0n) is 11.0. The van der Waals surface area contributed by atoms with Gasteiger partial charge >= 0.3 is 0 Å². The first kappa shape index (κ1) is 11.7. The number of nitrogens with zero attached hydrogens (tertiary/aromatic N) is 3. The summed E-state index contributed by atoms with van der Waals surface area (Å²) in [6, 6.07) is 10.1. The van der Waals surface area contributed by atoms with E-state index >= 15 is 0 Å². The number of hydrogen-bond acceptors (Lipinski definition) is 3. The molecule has 0 aliphatic rings. The lowest BCUT2D eigenvalue weighted by Crippen LogP contribution is -2.00. The van der Waals surface area contributed by atoms with Crippen LogP contribution in [0.1, 0.15) is 12.5 Å². The van der Waals surface area contributed by atoms with Crippen LogP contribution in [0.25, 0.3) is 16.8 Å². The van der Waals surface area contributed by atoms with Crippen molar-refractivity contribution in [2.75, 3.05) is 6.61 Å². The summed E-state index contributed by atoms with van der Waals surface area (Å²) in [6.45, 7) is 4.64. The van der Waals surface area contributed by atoms with Crippen LogP contribution < -0.4 is 4.74 Å². The Morgan fingerprint density at radius 1 is 1.26 bits per heavy atom. The monoisotopic (exact) mass is 253 g/mol. The van der Waals surface area contributed by atoms with Crippen LogP contribution in [0.15, 0.2) is 42.7 Å². The maximum absolute atomic E-state index is 5.55. The minimum Gasteiger partial charge on any atom is -0.478 e. The Morgan fingerprint density at radius 2 is 2.16 bits per heavy atom. The van der Waals surface area contributed by atoms with Crippen LogP contribution in [-0.2, 0) is 0 Å². The maximum atomic E-state index is 5.55. The van der Waals surface area contributed by atoms with Crippen molar-refractivity contribution in [3.05, 3.63) is 48.3 Å². The molecule has 0 fully saturated rings. The summed E-state index contributed by atoms with van der Waals surface area (Å²) in [5.41, 5.74) is 4.18. The highest BCUT2D eigenvalue weighted by Crippen LogP contribution is 2.26. The van der Waals surface area contributed by atoms with Gasteiger partial charge in [0.15, 0.2) is 5.65 Å². The smallest absolute Gasteiger partial charge is 0.217 e. The molecule has 0 amide bonds. The average molecular weight is 253 g/mol. The number of ether oxygens (including phenoxy) is 1. The Kier molecular flexibility index (Phi) is 2.91. The molecule has 0 aliphatic heterocycles. The minimum atomic E-state index is 0.610. The number of benzene rings is 1. The van der Waals surface area contributed by atoms with Crippen molar-refractivity contribution in [3.8, 4) is 17.0 Å². The molecule has 0 atom stereocenters. The molecule has 0 unspecified atom stereocenters. The topological polar surface area (TPSA) is 39.4 Å². The molecule has 0 saturated heterocycles. The van der Waals surface area contributed by atoms with Gasteiger partial charge in [-0.05, 0) is 19.4 Å². The second-order valence-electron chi connectivity index (χ2n) is 4.38. The standard InChI is InChI=1S/C15H15N3O/c1-3-19-14-7-8-16-15-13(10-17-18(14)15)12-6-4-5-11(2)9-12/h4-10H,3H2,1-2H3. The first-order valence-corrected chi connectivity index (χ1v) is 6.32. The molecule has 2 aromatic heterocycles. The number of aryl methyl sites for hydroxylation is 1. The van der Waals surface area contributed by atoms with Gasteiger partial charge in [-0.1, -0.05) is 29.8 Å². The van der Waals surface area contributed by atoms with Crippen molar-refractivity contribution in [2.45, 2.75) is 13.8 Å². The van der Waals surface area contributed by atoms with E-state index in [9.17, 15) is 0 Å². The van der Waals surface area contributed by atoms with Crippen molar-refractivity contribution >= 4 is 5.65 Å². The number of rotatable bonds is 3. The highest BCUT2D eigenvalue weighted by atomic mass is 16.5. The van der Waals surface area contributed by atoms with Gasteiger partial charge in [-0.3, -0.25) is 0 Å². The molecule has 0 bridgehead atoms. The van der Waals surface area contributed by atoms with E-state index < -0.39 is 0 Å². The molecular formula is C15H15N3O. The van der Waals surface area contributed by atoms with E-state index in [4.69, 9.17) is 4.74 Å². The molecule has 4 heteroatoms. The van der Waals surface area contributed by atoms with Gasteiger partial charge < -0.3 is 4.74 Å². The van der Waals surface area contributed by atoms with E-state index in [1.165, 1.54) is 5.56 Å². The molecule has 0 radical (unpaired) electrons. The fraction of sp³-hybridized carbons (Fsp3) is 0.200. The number of hydrogen-bond donors (Lipinski definition) is 0. The fourth-order valence-corrected chi connectivity index (χ4v) is 2.14. The molecule has 0 aliphatic carbocycles. The molecule has 0 spiro atoms. The molecule has 0 N–H and O–H groups in total. The third-order valence-corrected chi connectivity index (χ3v) is 2.99. The first-order chi connectivity index (χ1) is 9.29. The Balaban J connectivity index is 2.18. The zero-order valence-corrected chi connectivity index (χ0v) is 11.0. The van der Waals surface area contributed by atoms with Crippen molar-refractivity contribution in [2.24, 2.45) is 0 Å². The SMILES string of the molecule is CCOc1ccnc2c(-c3cccc(C)c3)cnn12. The predicted molar refractivity (Wildman–Crippen MR) is 74.3 cm³/mol. The lowest BCUT2D eigenvalue weighted by Gasteiger charge is -2.05. The Bertz CT molecular complexity index is 718. The summed E-state index contributed by atoms with van der Waals surface area (Å²) < 4.78 is 7.29. The summed E-state index contributed by atoms with van der Waals surface area (Å²) in [4.78, 5) is 4.41. The van der Waals surface area contributed by atoms with Crippen LogP contribution in [0.3, 0.4) is 0 Å². The van der Waals surface area contributed by atoms with E-state index in [1.54, 1.807) is 10.7 Å². The van der Waals surface area contributed by atoms with E-state index in [2.05, 4.69) is 35.2 Å². The molecule has 2 heterocycles. The Morgan fingerprint density at radius 3 is 2.95 bits per heavy atom. The van der Waals surface area contributed by atoms with Gasteiger partial charge in [-0.2, -0.15) is 9.61 Å². The molecule has 1 aromatic carbocycles. The normalized spacial score (nSPS) is 10.8. The van der Waals surface area contributed by atoms with Crippen molar-refractivity contribution < 1.29 is 4.74 Å². The fourth-order valence-electron chi connectivity index (χ4n) is 2.14. The van der Waals surface area contributed by atoms with Crippen molar-refractivity contribution in [1.29, 1.82) is 0 Å². The Hall–Kier alpha value is -2.36.